The largest absolute Gasteiger partial charge is 0.328 e. The molecule has 2 aromatic carbocycles. The number of non-ortho nitro benzene ring substituents is 1. The quantitative estimate of drug-likeness (QED) is 0.497. The summed E-state index contributed by atoms with van der Waals surface area (Å²) in [7, 11) is 0. The molecule has 1 N–H and O–H groups in total. The number of anilines is 1. The van der Waals surface area contributed by atoms with Gasteiger partial charge in [-0.05, 0) is 24.1 Å². The maximum atomic E-state index is 12.9. The van der Waals surface area contributed by atoms with Crippen LogP contribution in [0.15, 0.2) is 60.3 Å². The highest BCUT2D eigenvalue weighted by Crippen LogP contribution is 2.42. The molecule has 1 aliphatic carbocycles. The second-order valence-electron chi connectivity index (χ2n) is 7.25. The number of allylic oxidation sites excluding steroid dienone is 2. The average molecular weight is 422 g/mol. The van der Waals surface area contributed by atoms with Crippen LogP contribution in [0.5, 0.6) is 0 Å². The van der Waals surface area contributed by atoms with Crippen molar-refractivity contribution in [1.82, 2.24) is 14.8 Å². The number of hydrogen-bond donors (Lipinski definition) is 1. The molecule has 2 atom stereocenters. The van der Waals surface area contributed by atoms with Gasteiger partial charge in [-0.1, -0.05) is 41.9 Å². The van der Waals surface area contributed by atoms with Crippen LogP contribution in [0.3, 0.4) is 0 Å². The molecule has 1 aromatic heterocycles. The van der Waals surface area contributed by atoms with Crippen molar-refractivity contribution in [2.45, 2.75) is 18.9 Å². The van der Waals surface area contributed by atoms with E-state index in [2.05, 4.69) is 15.4 Å². The fourth-order valence-corrected chi connectivity index (χ4v) is 4.31. The molecule has 2 heterocycles. The first-order valence-corrected chi connectivity index (χ1v) is 9.86. The van der Waals surface area contributed by atoms with Gasteiger partial charge in [-0.2, -0.15) is 4.98 Å². The van der Waals surface area contributed by atoms with Gasteiger partial charge in [-0.15, -0.1) is 5.10 Å². The minimum Gasteiger partial charge on any atom is -0.328 e. The van der Waals surface area contributed by atoms with E-state index in [1.807, 2.05) is 24.3 Å². The topological polar surface area (TPSA) is 103 Å². The molecule has 0 spiro atoms. The molecule has 0 amide bonds. The first-order chi connectivity index (χ1) is 14.5. The van der Waals surface area contributed by atoms with Crippen LogP contribution in [0.4, 0.5) is 11.6 Å². The summed E-state index contributed by atoms with van der Waals surface area (Å²) in [6, 6.07) is 13.0. The lowest BCUT2D eigenvalue weighted by molar-refractivity contribution is -0.384. The van der Waals surface area contributed by atoms with E-state index in [1.54, 1.807) is 22.9 Å². The van der Waals surface area contributed by atoms with Crippen molar-refractivity contribution in [3.8, 4) is 11.4 Å². The highest BCUT2D eigenvalue weighted by atomic mass is 35.5. The van der Waals surface area contributed by atoms with Crippen LogP contribution in [-0.2, 0) is 4.79 Å². The second kappa shape index (κ2) is 7.07. The Morgan fingerprint density at radius 2 is 2.03 bits per heavy atom. The van der Waals surface area contributed by atoms with E-state index in [1.165, 1.54) is 12.1 Å². The van der Waals surface area contributed by atoms with Gasteiger partial charge in [0.1, 0.15) is 5.78 Å². The molecular weight excluding hydrogens is 406 g/mol. The first-order valence-electron chi connectivity index (χ1n) is 9.48. The Morgan fingerprint density at radius 1 is 1.20 bits per heavy atom. The van der Waals surface area contributed by atoms with E-state index in [0.717, 1.165) is 5.70 Å². The van der Waals surface area contributed by atoms with Crippen LogP contribution >= 0.6 is 11.6 Å². The van der Waals surface area contributed by atoms with E-state index in [0.29, 0.717) is 40.8 Å². The van der Waals surface area contributed by atoms with Gasteiger partial charge in [0.25, 0.3) is 5.69 Å². The number of rotatable bonds is 3. The molecule has 8 nitrogen and oxygen atoms in total. The monoisotopic (exact) mass is 421 g/mol. The number of ketones is 1. The molecule has 0 saturated heterocycles. The van der Waals surface area contributed by atoms with Crippen LogP contribution in [0.2, 0.25) is 5.02 Å². The number of benzene rings is 2. The molecule has 9 heteroatoms. The zero-order chi connectivity index (χ0) is 20.8. The van der Waals surface area contributed by atoms with E-state index >= 15 is 0 Å². The van der Waals surface area contributed by atoms with Gasteiger partial charge in [-0.3, -0.25) is 14.9 Å². The normalized spacial score (nSPS) is 20.0. The Morgan fingerprint density at radius 3 is 2.83 bits per heavy atom. The van der Waals surface area contributed by atoms with Gasteiger partial charge in [0.15, 0.2) is 5.82 Å². The van der Waals surface area contributed by atoms with Crippen molar-refractivity contribution in [2.24, 2.45) is 5.92 Å². The molecule has 1 aliphatic heterocycles. The minimum atomic E-state index is -0.538. The highest BCUT2D eigenvalue weighted by Gasteiger charge is 2.42. The zero-order valence-electron chi connectivity index (χ0n) is 15.7. The second-order valence-corrected chi connectivity index (χ2v) is 7.65. The van der Waals surface area contributed by atoms with Crippen molar-refractivity contribution in [1.29, 1.82) is 0 Å². The van der Waals surface area contributed by atoms with Crippen LogP contribution in [-0.4, -0.2) is 25.5 Å². The number of fused-ring (bicyclic) bond motifs is 2. The lowest BCUT2D eigenvalue weighted by atomic mass is 9.81. The number of nitro groups is 1. The predicted molar refractivity (Wildman–Crippen MR) is 111 cm³/mol. The summed E-state index contributed by atoms with van der Waals surface area (Å²) >= 11 is 6.33. The Kier molecular flexibility index (Phi) is 4.36. The van der Waals surface area contributed by atoms with E-state index in [-0.39, 0.29) is 11.5 Å². The fraction of sp³-hybridized carbons (Fsp3) is 0.190. The summed E-state index contributed by atoms with van der Waals surface area (Å²) in [5, 5.41) is 19.7. The number of carbonyl (C=O) groups is 1. The molecule has 2 unspecified atom stereocenters. The average Bonchev–Trinajstić information content (AvgIpc) is 3.16. The Balaban J connectivity index is 1.70. The third-order valence-electron chi connectivity index (χ3n) is 5.44. The van der Waals surface area contributed by atoms with Crippen LogP contribution in [0.25, 0.3) is 11.4 Å². The Hall–Kier alpha value is -3.52. The molecule has 0 radical (unpaired) electrons. The third-order valence-corrected chi connectivity index (χ3v) is 5.77. The highest BCUT2D eigenvalue weighted by molar-refractivity contribution is 6.33. The maximum Gasteiger partial charge on any atom is 0.269 e. The molecule has 5 rings (SSSR count). The van der Waals surface area contributed by atoms with Gasteiger partial charge < -0.3 is 5.32 Å². The number of hydrogen-bond acceptors (Lipinski definition) is 6. The van der Waals surface area contributed by atoms with Gasteiger partial charge in [0.2, 0.25) is 5.95 Å². The number of Topliss-reactive ketones (excluding diaryl/α,β-unsaturated/α-hetero) is 1. The van der Waals surface area contributed by atoms with Gasteiger partial charge in [0.05, 0.1) is 21.9 Å². The van der Waals surface area contributed by atoms with Crippen LogP contribution in [0.1, 0.15) is 24.4 Å². The summed E-state index contributed by atoms with van der Waals surface area (Å²) in [5.74, 6) is 0.454. The number of halogens is 1. The summed E-state index contributed by atoms with van der Waals surface area (Å²) in [5.41, 5.74) is 2.03. The van der Waals surface area contributed by atoms with Gasteiger partial charge >= 0.3 is 0 Å². The Bertz CT molecular complexity index is 1220. The molecule has 2 aliphatic rings. The minimum absolute atomic E-state index is 0.0344. The van der Waals surface area contributed by atoms with E-state index in [9.17, 15) is 14.9 Å². The number of aromatic nitrogens is 3. The lowest BCUT2D eigenvalue weighted by Crippen LogP contribution is -2.38. The summed E-state index contributed by atoms with van der Waals surface area (Å²) in [6.45, 7) is 0. The molecule has 150 valence electrons. The van der Waals surface area contributed by atoms with Crippen molar-refractivity contribution in [3.05, 3.63) is 81.0 Å². The van der Waals surface area contributed by atoms with Crippen LogP contribution < -0.4 is 5.32 Å². The predicted octanol–water partition coefficient (Wildman–Crippen LogP) is 4.38. The maximum absolute atomic E-state index is 12.9. The van der Waals surface area contributed by atoms with Crippen LogP contribution in [0, 0.1) is 16.0 Å². The molecular formula is C21H16ClN5O3. The summed E-state index contributed by atoms with van der Waals surface area (Å²) in [6.07, 6.45) is 3.05. The third kappa shape index (κ3) is 2.96. The number of carbonyl (C=O) groups excluding carboxylic acids is 1. The SMILES string of the molecule is O=C1CCC=C2Nc3nc(-c4ccccc4Cl)nn3C(c3cccc([N+](=O)[O-])c3)C12. The molecule has 0 bridgehead atoms. The number of nitrogens with zero attached hydrogens (tertiary/aromatic N) is 4. The van der Waals surface area contributed by atoms with Crippen molar-refractivity contribution in [3.63, 3.8) is 0 Å². The van der Waals surface area contributed by atoms with Crippen molar-refractivity contribution < 1.29 is 9.72 Å². The van der Waals surface area contributed by atoms with Crippen molar-refractivity contribution >= 4 is 29.0 Å². The van der Waals surface area contributed by atoms with Gasteiger partial charge in [-0.25, -0.2) is 4.68 Å². The summed E-state index contributed by atoms with van der Waals surface area (Å²) < 4.78 is 1.64. The van der Waals surface area contributed by atoms with Gasteiger partial charge in [0, 0.05) is 29.8 Å². The van der Waals surface area contributed by atoms with Crippen molar-refractivity contribution in [2.75, 3.05) is 5.32 Å². The first kappa shape index (κ1) is 18.5. The molecule has 3 aromatic rings. The number of nitrogens with one attached hydrogen (secondary N) is 1. The summed E-state index contributed by atoms with van der Waals surface area (Å²) in [4.78, 5) is 28.4. The number of nitro benzene ring substituents is 1. The zero-order valence-corrected chi connectivity index (χ0v) is 16.4. The lowest BCUT2D eigenvalue weighted by Gasteiger charge is -2.36. The fourth-order valence-electron chi connectivity index (χ4n) is 4.09. The van der Waals surface area contributed by atoms with E-state index < -0.39 is 16.9 Å². The molecule has 0 saturated carbocycles. The molecule has 0 fully saturated rings. The standard InChI is InChI=1S/C21H16ClN5O3/c22-15-8-2-1-7-14(15)20-24-21-23-16-9-4-10-17(28)18(16)19(26(21)25-20)12-5-3-6-13(11-12)27(29)30/h1-3,5-9,11,18-19H,4,10H2,(H,23,24,25). The Labute approximate surface area is 176 Å². The molecule has 30 heavy (non-hydrogen) atoms. The van der Waals surface area contributed by atoms with E-state index in [4.69, 9.17) is 11.6 Å². The smallest absolute Gasteiger partial charge is 0.269 e.